The Labute approximate surface area is 191 Å². The van der Waals surface area contributed by atoms with Gasteiger partial charge < -0.3 is 10.1 Å². The molecule has 0 spiro atoms. The van der Waals surface area contributed by atoms with E-state index in [2.05, 4.69) is 14.1 Å². The number of ether oxygens (including phenoxy) is 1. The Hall–Kier alpha value is -3.26. The van der Waals surface area contributed by atoms with Gasteiger partial charge >= 0.3 is 0 Å². The molecule has 8 heteroatoms. The Bertz CT molecular complexity index is 1040. The highest BCUT2D eigenvalue weighted by Gasteiger charge is 2.35. The zero-order valence-corrected chi connectivity index (χ0v) is 18.8. The first-order chi connectivity index (χ1) is 15.7. The third-order valence-electron chi connectivity index (χ3n) is 5.70. The molecule has 0 radical (unpaired) electrons. The van der Waals surface area contributed by atoms with Gasteiger partial charge in [0.2, 0.25) is 5.91 Å². The smallest absolute Gasteiger partial charge is 0.280 e. The van der Waals surface area contributed by atoms with Gasteiger partial charge in [-0.1, -0.05) is 55.7 Å². The molecule has 4 rings (SSSR count). The fourth-order valence-corrected chi connectivity index (χ4v) is 4.51. The van der Waals surface area contributed by atoms with E-state index in [1.54, 1.807) is 31.4 Å². The molecule has 1 heterocycles. The molecule has 1 N–H and O–H groups in total. The van der Waals surface area contributed by atoms with E-state index < -0.39 is 6.04 Å². The summed E-state index contributed by atoms with van der Waals surface area (Å²) in [6.45, 7) is 0. The number of carbonyl (C=O) groups is 2. The van der Waals surface area contributed by atoms with Crippen molar-refractivity contribution in [3.05, 3.63) is 72.1 Å². The maximum atomic E-state index is 13.7. The predicted octanol–water partition coefficient (Wildman–Crippen LogP) is 4.38. The minimum absolute atomic E-state index is 0.116. The van der Waals surface area contributed by atoms with Crippen LogP contribution in [0.5, 0.6) is 5.75 Å². The van der Waals surface area contributed by atoms with Crippen LogP contribution in [0.2, 0.25) is 0 Å². The summed E-state index contributed by atoms with van der Waals surface area (Å²) in [5, 5.41) is 3.20. The highest BCUT2D eigenvalue weighted by atomic mass is 32.1. The maximum absolute atomic E-state index is 13.7. The van der Waals surface area contributed by atoms with Gasteiger partial charge in [-0.15, -0.1) is 0 Å². The Morgan fingerprint density at radius 1 is 1.09 bits per heavy atom. The number of methoxy groups -OCH3 is 1. The maximum Gasteiger partial charge on any atom is 0.280 e. The lowest BCUT2D eigenvalue weighted by Crippen LogP contribution is -2.47. The third kappa shape index (κ3) is 4.96. The van der Waals surface area contributed by atoms with Crippen molar-refractivity contribution >= 4 is 29.2 Å². The van der Waals surface area contributed by atoms with Crippen LogP contribution in [0.4, 0.5) is 5.69 Å². The largest absolute Gasteiger partial charge is 0.497 e. The Balaban J connectivity index is 1.78. The fourth-order valence-electron chi connectivity index (χ4n) is 4.11. The summed E-state index contributed by atoms with van der Waals surface area (Å²) in [6.07, 6.45) is 6.74. The van der Waals surface area contributed by atoms with Crippen LogP contribution in [-0.2, 0) is 4.79 Å². The van der Waals surface area contributed by atoms with Crippen LogP contribution in [0.1, 0.15) is 54.2 Å². The van der Waals surface area contributed by atoms with Crippen LogP contribution in [0.3, 0.4) is 0 Å². The number of nitrogens with one attached hydrogen (secondary N) is 1. The molecule has 166 valence electrons. The van der Waals surface area contributed by atoms with Gasteiger partial charge in [0, 0.05) is 17.8 Å². The summed E-state index contributed by atoms with van der Waals surface area (Å²) in [6, 6.07) is 15.8. The summed E-state index contributed by atoms with van der Waals surface area (Å²) >= 11 is 0.960. The van der Waals surface area contributed by atoms with Crippen LogP contribution in [0.25, 0.3) is 0 Å². The molecule has 1 atom stereocenters. The van der Waals surface area contributed by atoms with E-state index in [1.165, 1.54) is 17.5 Å². The highest BCUT2D eigenvalue weighted by Crippen LogP contribution is 2.32. The predicted molar refractivity (Wildman–Crippen MR) is 124 cm³/mol. The standard InChI is InChI=1S/C24H26N4O3S/c1-31-20-14-8-13-19(15-20)28(24(30)21-16-25-32-27-21)22(17-9-4-2-5-10-17)23(29)26-18-11-6-3-7-12-18/h2,4-5,8-10,13-16,18,22H,3,6-7,11-12H2,1H3,(H,26,29)/t22-/m0/s1. The topological polar surface area (TPSA) is 84.4 Å². The van der Waals surface area contributed by atoms with E-state index in [0.29, 0.717) is 11.4 Å². The molecular weight excluding hydrogens is 424 g/mol. The van der Waals surface area contributed by atoms with Crippen molar-refractivity contribution in [2.75, 3.05) is 12.0 Å². The molecular formula is C24H26N4O3S. The van der Waals surface area contributed by atoms with E-state index in [1.807, 2.05) is 30.3 Å². The van der Waals surface area contributed by atoms with Crippen LogP contribution < -0.4 is 15.0 Å². The number of anilines is 1. The molecule has 7 nitrogen and oxygen atoms in total. The summed E-state index contributed by atoms with van der Waals surface area (Å²) in [5.41, 5.74) is 1.47. The van der Waals surface area contributed by atoms with Crippen molar-refractivity contribution in [3.63, 3.8) is 0 Å². The number of nitrogens with zero attached hydrogens (tertiary/aromatic N) is 3. The molecule has 2 amide bonds. The first-order valence-electron chi connectivity index (χ1n) is 10.8. The molecule has 3 aromatic rings. The van der Waals surface area contributed by atoms with Crippen molar-refractivity contribution in [3.8, 4) is 5.75 Å². The van der Waals surface area contributed by atoms with Gasteiger partial charge in [-0.05, 0) is 30.5 Å². The van der Waals surface area contributed by atoms with Crippen molar-refractivity contribution < 1.29 is 14.3 Å². The lowest BCUT2D eigenvalue weighted by atomic mass is 9.94. The monoisotopic (exact) mass is 450 g/mol. The summed E-state index contributed by atoms with van der Waals surface area (Å²) in [7, 11) is 1.57. The quantitative estimate of drug-likeness (QED) is 0.577. The molecule has 0 aliphatic heterocycles. The normalized spacial score (nSPS) is 15.0. The van der Waals surface area contributed by atoms with E-state index in [-0.39, 0.29) is 23.6 Å². The molecule has 0 bridgehead atoms. The number of aromatic nitrogens is 2. The minimum Gasteiger partial charge on any atom is -0.497 e. The second-order valence-corrected chi connectivity index (χ2v) is 8.38. The molecule has 1 aliphatic carbocycles. The van der Waals surface area contributed by atoms with Crippen LogP contribution >= 0.6 is 11.7 Å². The lowest BCUT2D eigenvalue weighted by molar-refractivity contribution is -0.123. The Kier molecular flexibility index (Phi) is 7.11. The van der Waals surface area contributed by atoms with Crippen molar-refractivity contribution in [1.82, 2.24) is 14.1 Å². The molecule has 1 saturated carbocycles. The molecule has 2 aromatic carbocycles. The summed E-state index contributed by atoms with van der Waals surface area (Å²) in [5.74, 6) is -0.00156. The van der Waals surface area contributed by atoms with Crippen LogP contribution in [0, 0.1) is 0 Å². The van der Waals surface area contributed by atoms with Gasteiger partial charge in [0.05, 0.1) is 25.0 Å². The molecule has 32 heavy (non-hydrogen) atoms. The number of benzene rings is 2. The Morgan fingerprint density at radius 2 is 1.88 bits per heavy atom. The zero-order valence-electron chi connectivity index (χ0n) is 17.9. The van der Waals surface area contributed by atoms with Gasteiger partial charge in [0.15, 0.2) is 5.69 Å². The first kappa shape index (κ1) is 22.0. The Morgan fingerprint density at radius 3 is 2.56 bits per heavy atom. The van der Waals surface area contributed by atoms with E-state index >= 15 is 0 Å². The first-order valence-corrected chi connectivity index (χ1v) is 11.5. The van der Waals surface area contributed by atoms with Crippen LogP contribution in [0.15, 0.2) is 60.8 Å². The van der Waals surface area contributed by atoms with Crippen molar-refractivity contribution in [2.24, 2.45) is 0 Å². The third-order valence-corrected chi connectivity index (χ3v) is 6.18. The summed E-state index contributed by atoms with van der Waals surface area (Å²) < 4.78 is 13.5. The zero-order chi connectivity index (χ0) is 22.3. The van der Waals surface area contributed by atoms with E-state index in [4.69, 9.17) is 4.74 Å². The lowest BCUT2D eigenvalue weighted by Gasteiger charge is -2.33. The second-order valence-electron chi connectivity index (χ2n) is 7.83. The summed E-state index contributed by atoms with van der Waals surface area (Å²) in [4.78, 5) is 28.8. The van der Waals surface area contributed by atoms with Crippen LogP contribution in [-0.4, -0.2) is 33.7 Å². The fraction of sp³-hybridized carbons (Fsp3) is 0.333. The molecule has 1 fully saturated rings. The number of hydrogen-bond acceptors (Lipinski definition) is 6. The molecule has 0 unspecified atom stereocenters. The van der Waals surface area contributed by atoms with Crippen molar-refractivity contribution in [1.29, 1.82) is 0 Å². The SMILES string of the molecule is COc1cccc(N(C(=O)c2cnsn2)[C@H](C(=O)NC2CCCCC2)c2ccccc2)c1. The molecule has 0 saturated heterocycles. The average Bonchev–Trinajstić information content (AvgIpc) is 3.38. The number of amides is 2. The molecule has 1 aromatic heterocycles. The van der Waals surface area contributed by atoms with Gasteiger partial charge in [0.1, 0.15) is 11.8 Å². The van der Waals surface area contributed by atoms with Crippen molar-refractivity contribution in [2.45, 2.75) is 44.2 Å². The number of rotatable bonds is 7. The van der Waals surface area contributed by atoms with E-state index in [9.17, 15) is 9.59 Å². The average molecular weight is 451 g/mol. The molecule has 1 aliphatic rings. The van der Waals surface area contributed by atoms with Gasteiger partial charge in [-0.2, -0.15) is 8.75 Å². The van der Waals surface area contributed by atoms with E-state index in [0.717, 1.165) is 43.0 Å². The number of hydrogen-bond donors (Lipinski definition) is 1. The minimum atomic E-state index is -0.862. The second kappa shape index (κ2) is 10.4. The van der Waals surface area contributed by atoms with Gasteiger partial charge in [-0.3, -0.25) is 14.5 Å². The highest BCUT2D eigenvalue weighted by molar-refractivity contribution is 6.99. The van der Waals surface area contributed by atoms with Gasteiger partial charge in [0.25, 0.3) is 5.91 Å². The van der Waals surface area contributed by atoms with Gasteiger partial charge in [-0.25, -0.2) is 0 Å². The number of carbonyl (C=O) groups excluding carboxylic acids is 2.